The first-order valence-electron chi connectivity index (χ1n) is 8.29. The van der Waals surface area contributed by atoms with E-state index in [9.17, 15) is 4.79 Å². The quantitative estimate of drug-likeness (QED) is 0.849. The maximum absolute atomic E-state index is 12.1. The third-order valence-corrected chi connectivity index (χ3v) is 4.52. The monoisotopic (exact) mass is 304 g/mol. The molecule has 0 heterocycles. The molecule has 0 aromatic heterocycles. The fourth-order valence-corrected chi connectivity index (χ4v) is 3.16. The van der Waals surface area contributed by atoms with E-state index in [0.29, 0.717) is 12.5 Å². The summed E-state index contributed by atoms with van der Waals surface area (Å²) in [6.07, 6.45) is 6.13. The fraction of sp³-hybridized carbons (Fsp3) is 0.611. The van der Waals surface area contributed by atoms with Gasteiger partial charge in [0, 0.05) is 12.6 Å². The van der Waals surface area contributed by atoms with Crippen LogP contribution in [0.15, 0.2) is 18.2 Å². The Labute approximate surface area is 133 Å². The standard InChI is InChI=1S/C18H28N2O2/c1-13-8-9-14(2)17(10-13)22-12-18(21)20-16(11-19)15-6-4-3-5-7-15/h8-10,15-16H,3-7,11-12,19H2,1-2H3,(H,20,21). The van der Waals surface area contributed by atoms with Gasteiger partial charge in [-0.25, -0.2) is 0 Å². The molecule has 1 atom stereocenters. The van der Waals surface area contributed by atoms with Gasteiger partial charge in [-0.2, -0.15) is 0 Å². The van der Waals surface area contributed by atoms with E-state index in [1.807, 2.05) is 32.0 Å². The van der Waals surface area contributed by atoms with E-state index in [1.54, 1.807) is 0 Å². The Morgan fingerprint density at radius 1 is 1.32 bits per heavy atom. The van der Waals surface area contributed by atoms with E-state index in [0.717, 1.165) is 16.9 Å². The number of aryl methyl sites for hydroxylation is 2. The van der Waals surface area contributed by atoms with E-state index in [4.69, 9.17) is 10.5 Å². The van der Waals surface area contributed by atoms with Gasteiger partial charge >= 0.3 is 0 Å². The topological polar surface area (TPSA) is 64.3 Å². The minimum absolute atomic E-state index is 0.0491. The molecule has 1 saturated carbocycles. The van der Waals surface area contributed by atoms with Crippen LogP contribution >= 0.6 is 0 Å². The van der Waals surface area contributed by atoms with Crippen LogP contribution in [-0.4, -0.2) is 25.1 Å². The second kappa shape index (κ2) is 8.18. The predicted octanol–water partition coefficient (Wildman–Crippen LogP) is 2.71. The first kappa shape index (κ1) is 16.8. The van der Waals surface area contributed by atoms with Gasteiger partial charge in [0.15, 0.2) is 6.61 Å². The van der Waals surface area contributed by atoms with Gasteiger partial charge in [-0.3, -0.25) is 4.79 Å². The zero-order valence-corrected chi connectivity index (χ0v) is 13.7. The van der Waals surface area contributed by atoms with Crippen LogP contribution in [-0.2, 0) is 4.79 Å². The minimum Gasteiger partial charge on any atom is -0.483 e. The Morgan fingerprint density at radius 2 is 2.05 bits per heavy atom. The summed E-state index contributed by atoms with van der Waals surface area (Å²) in [5.41, 5.74) is 8.02. The zero-order chi connectivity index (χ0) is 15.9. The molecule has 1 aromatic rings. The van der Waals surface area contributed by atoms with E-state index < -0.39 is 0 Å². The van der Waals surface area contributed by atoms with Gasteiger partial charge < -0.3 is 15.8 Å². The summed E-state index contributed by atoms with van der Waals surface area (Å²) in [4.78, 5) is 12.1. The van der Waals surface area contributed by atoms with Crippen molar-refractivity contribution in [3.63, 3.8) is 0 Å². The molecule has 0 bridgehead atoms. The summed E-state index contributed by atoms with van der Waals surface area (Å²) < 4.78 is 5.66. The van der Waals surface area contributed by atoms with Crippen LogP contribution in [0.1, 0.15) is 43.2 Å². The van der Waals surface area contributed by atoms with Gasteiger partial charge in [-0.15, -0.1) is 0 Å². The molecule has 0 aliphatic heterocycles. The van der Waals surface area contributed by atoms with Crippen LogP contribution < -0.4 is 15.8 Å². The number of nitrogens with two attached hydrogens (primary N) is 1. The van der Waals surface area contributed by atoms with Crippen molar-refractivity contribution in [1.29, 1.82) is 0 Å². The molecule has 22 heavy (non-hydrogen) atoms. The van der Waals surface area contributed by atoms with Crippen molar-refractivity contribution in [3.8, 4) is 5.75 Å². The Morgan fingerprint density at radius 3 is 2.73 bits per heavy atom. The lowest BCUT2D eigenvalue weighted by atomic mass is 9.84. The average molecular weight is 304 g/mol. The highest BCUT2D eigenvalue weighted by molar-refractivity contribution is 5.78. The highest BCUT2D eigenvalue weighted by Gasteiger charge is 2.24. The molecule has 4 nitrogen and oxygen atoms in total. The fourth-order valence-electron chi connectivity index (χ4n) is 3.16. The van der Waals surface area contributed by atoms with Gasteiger partial charge in [0.05, 0.1) is 0 Å². The number of amides is 1. The van der Waals surface area contributed by atoms with Crippen molar-refractivity contribution in [2.45, 2.75) is 52.0 Å². The number of carbonyl (C=O) groups excluding carboxylic acids is 1. The van der Waals surface area contributed by atoms with Crippen molar-refractivity contribution >= 4 is 5.91 Å². The number of hydrogen-bond donors (Lipinski definition) is 2. The van der Waals surface area contributed by atoms with Crippen molar-refractivity contribution < 1.29 is 9.53 Å². The molecule has 1 aliphatic rings. The Hall–Kier alpha value is -1.55. The molecular weight excluding hydrogens is 276 g/mol. The van der Waals surface area contributed by atoms with E-state index in [-0.39, 0.29) is 18.6 Å². The smallest absolute Gasteiger partial charge is 0.258 e. The van der Waals surface area contributed by atoms with Crippen molar-refractivity contribution in [3.05, 3.63) is 29.3 Å². The number of nitrogens with one attached hydrogen (secondary N) is 1. The molecule has 1 aromatic carbocycles. The van der Waals surface area contributed by atoms with Crippen LogP contribution in [0.3, 0.4) is 0 Å². The number of benzene rings is 1. The number of rotatable bonds is 6. The second-order valence-electron chi connectivity index (χ2n) is 6.37. The number of carbonyl (C=O) groups is 1. The molecule has 0 spiro atoms. The molecule has 122 valence electrons. The summed E-state index contributed by atoms with van der Waals surface area (Å²) in [7, 11) is 0. The summed E-state index contributed by atoms with van der Waals surface area (Å²) in [6, 6.07) is 6.09. The molecular formula is C18H28N2O2. The SMILES string of the molecule is Cc1ccc(C)c(OCC(=O)NC(CN)C2CCCCC2)c1. The normalized spacial score (nSPS) is 17.0. The lowest BCUT2D eigenvalue weighted by Gasteiger charge is -2.30. The molecule has 0 saturated heterocycles. The lowest BCUT2D eigenvalue weighted by molar-refractivity contribution is -0.124. The molecule has 1 fully saturated rings. The van der Waals surface area contributed by atoms with Crippen LogP contribution in [0.25, 0.3) is 0 Å². The van der Waals surface area contributed by atoms with Crippen molar-refractivity contribution in [1.82, 2.24) is 5.32 Å². The first-order chi connectivity index (χ1) is 10.6. The van der Waals surface area contributed by atoms with Gasteiger partial charge in [0.1, 0.15) is 5.75 Å². The number of ether oxygens (including phenoxy) is 1. The highest BCUT2D eigenvalue weighted by Crippen LogP contribution is 2.26. The lowest BCUT2D eigenvalue weighted by Crippen LogP contribution is -2.47. The van der Waals surface area contributed by atoms with Gasteiger partial charge in [-0.05, 0) is 49.8 Å². The summed E-state index contributed by atoms with van der Waals surface area (Å²) in [6.45, 7) is 4.55. The van der Waals surface area contributed by atoms with Gasteiger partial charge in [0.25, 0.3) is 5.91 Å². The molecule has 4 heteroatoms. The van der Waals surface area contributed by atoms with E-state index in [1.165, 1.54) is 32.1 Å². The maximum atomic E-state index is 12.1. The van der Waals surface area contributed by atoms with E-state index in [2.05, 4.69) is 5.32 Å². The molecule has 2 rings (SSSR count). The summed E-state index contributed by atoms with van der Waals surface area (Å²) in [5, 5.41) is 3.05. The maximum Gasteiger partial charge on any atom is 0.258 e. The Balaban J connectivity index is 1.84. The van der Waals surface area contributed by atoms with Crippen molar-refractivity contribution in [2.75, 3.05) is 13.2 Å². The molecule has 3 N–H and O–H groups in total. The van der Waals surface area contributed by atoms with Crippen LogP contribution in [0.5, 0.6) is 5.75 Å². The second-order valence-corrected chi connectivity index (χ2v) is 6.37. The average Bonchev–Trinajstić information content (AvgIpc) is 2.54. The zero-order valence-electron chi connectivity index (χ0n) is 13.7. The number of hydrogen-bond acceptors (Lipinski definition) is 3. The molecule has 1 amide bonds. The summed E-state index contributed by atoms with van der Waals surface area (Å²) >= 11 is 0. The summed E-state index contributed by atoms with van der Waals surface area (Å²) in [5.74, 6) is 1.21. The van der Waals surface area contributed by atoms with Crippen LogP contribution in [0.4, 0.5) is 0 Å². The van der Waals surface area contributed by atoms with Crippen LogP contribution in [0, 0.1) is 19.8 Å². The molecule has 0 radical (unpaired) electrons. The van der Waals surface area contributed by atoms with E-state index >= 15 is 0 Å². The minimum atomic E-state index is -0.0815. The van der Waals surface area contributed by atoms with Gasteiger partial charge in [0.2, 0.25) is 0 Å². The molecule has 1 unspecified atom stereocenters. The largest absolute Gasteiger partial charge is 0.483 e. The first-order valence-corrected chi connectivity index (χ1v) is 8.29. The third-order valence-electron chi connectivity index (χ3n) is 4.52. The van der Waals surface area contributed by atoms with Crippen molar-refractivity contribution in [2.24, 2.45) is 11.7 Å². The predicted molar refractivity (Wildman–Crippen MR) is 89.0 cm³/mol. The van der Waals surface area contributed by atoms with Crippen LogP contribution in [0.2, 0.25) is 0 Å². The molecule has 1 aliphatic carbocycles. The Bertz CT molecular complexity index is 496. The Kier molecular flexibility index (Phi) is 6.25. The third kappa shape index (κ3) is 4.73. The van der Waals surface area contributed by atoms with Gasteiger partial charge in [-0.1, -0.05) is 31.4 Å². The highest BCUT2D eigenvalue weighted by atomic mass is 16.5.